The SMILES string of the molecule is Fc1cc(-c2[c]c(Cl)ccc2)ccc1Cl. The third kappa shape index (κ3) is 2.31. The molecule has 0 saturated heterocycles. The molecule has 0 spiro atoms. The summed E-state index contributed by atoms with van der Waals surface area (Å²) in [5, 5.41) is 0.614. The Balaban J connectivity index is 2.50. The van der Waals surface area contributed by atoms with Crippen molar-refractivity contribution in [3.05, 3.63) is 58.3 Å². The molecule has 0 saturated carbocycles. The minimum absolute atomic E-state index is 0.112. The minimum Gasteiger partial charge on any atom is -0.205 e. The average molecular weight is 240 g/mol. The molecular formula is C12H6Cl2F. The van der Waals surface area contributed by atoms with E-state index >= 15 is 0 Å². The summed E-state index contributed by atoms with van der Waals surface area (Å²) in [6, 6.07) is 12.9. The highest BCUT2D eigenvalue weighted by atomic mass is 35.5. The maximum Gasteiger partial charge on any atom is 0.142 e. The lowest BCUT2D eigenvalue weighted by Gasteiger charge is -2.02. The first-order valence-electron chi connectivity index (χ1n) is 4.30. The van der Waals surface area contributed by atoms with Crippen molar-refractivity contribution < 1.29 is 4.39 Å². The minimum atomic E-state index is -0.442. The predicted octanol–water partition coefficient (Wildman–Crippen LogP) is 4.60. The highest BCUT2D eigenvalue weighted by Gasteiger charge is 2.03. The van der Waals surface area contributed by atoms with Gasteiger partial charge >= 0.3 is 0 Å². The Morgan fingerprint density at radius 3 is 2.53 bits per heavy atom. The fraction of sp³-hybridized carbons (Fsp3) is 0. The summed E-state index contributed by atoms with van der Waals surface area (Å²) in [6.07, 6.45) is 0. The Kier molecular flexibility index (Phi) is 2.94. The van der Waals surface area contributed by atoms with Crippen molar-refractivity contribution in [3.63, 3.8) is 0 Å². The van der Waals surface area contributed by atoms with E-state index in [-0.39, 0.29) is 5.02 Å². The molecule has 0 aliphatic carbocycles. The van der Waals surface area contributed by atoms with Crippen molar-refractivity contribution in [2.24, 2.45) is 0 Å². The van der Waals surface area contributed by atoms with Gasteiger partial charge in [0.25, 0.3) is 0 Å². The van der Waals surface area contributed by atoms with E-state index in [9.17, 15) is 4.39 Å². The normalized spacial score (nSPS) is 10.3. The largest absolute Gasteiger partial charge is 0.205 e. The maximum absolute atomic E-state index is 13.2. The van der Waals surface area contributed by atoms with Crippen LogP contribution in [-0.2, 0) is 0 Å². The molecule has 0 heterocycles. The van der Waals surface area contributed by atoms with Crippen LogP contribution in [0.2, 0.25) is 10.0 Å². The monoisotopic (exact) mass is 239 g/mol. The van der Waals surface area contributed by atoms with Gasteiger partial charge in [-0.3, -0.25) is 0 Å². The van der Waals surface area contributed by atoms with Gasteiger partial charge in [-0.2, -0.15) is 0 Å². The third-order valence-corrected chi connectivity index (χ3v) is 2.52. The highest BCUT2D eigenvalue weighted by Crippen LogP contribution is 2.25. The van der Waals surface area contributed by atoms with Crippen molar-refractivity contribution in [2.45, 2.75) is 0 Å². The van der Waals surface area contributed by atoms with Gasteiger partial charge in [-0.15, -0.1) is 0 Å². The zero-order valence-electron chi connectivity index (χ0n) is 7.60. The Morgan fingerprint density at radius 1 is 1.07 bits per heavy atom. The van der Waals surface area contributed by atoms with Crippen LogP contribution in [0.3, 0.4) is 0 Å². The van der Waals surface area contributed by atoms with Crippen LogP contribution in [0.25, 0.3) is 11.1 Å². The summed E-state index contributed by atoms with van der Waals surface area (Å²) in [5.74, 6) is -0.442. The quantitative estimate of drug-likeness (QED) is 0.683. The molecule has 2 aromatic rings. The topological polar surface area (TPSA) is 0 Å². The van der Waals surface area contributed by atoms with Crippen molar-refractivity contribution in [1.29, 1.82) is 0 Å². The number of rotatable bonds is 1. The smallest absolute Gasteiger partial charge is 0.142 e. The van der Waals surface area contributed by atoms with E-state index in [4.69, 9.17) is 23.2 Å². The second-order valence-corrected chi connectivity index (χ2v) is 3.86. The van der Waals surface area contributed by atoms with Crippen molar-refractivity contribution in [1.82, 2.24) is 0 Å². The zero-order chi connectivity index (χ0) is 10.8. The fourth-order valence-corrected chi connectivity index (χ4v) is 1.56. The molecule has 0 amide bonds. The van der Waals surface area contributed by atoms with E-state index in [1.807, 2.05) is 6.07 Å². The number of benzene rings is 2. The van der Waals surface area contributed by atoms with E-state index in [1.165, 1.54) is 12.1 Å². The van der Waals surface area contributed by atoms with Gasteiger partial charge in [0.1, 0.15) is 5.82 Å². The van der Waals surface area contributed by atoms with E-state index in [0.717, 1.165) is 5.56 Å². The number of halogens is 3. The molecule has 3 heteroatoms. The first kappa shape index (κ1) is 10.5. The second kappa shape index (κ2) is 4.21. The van der Waals surface area contributed by atoms with Gasteiger partial charge in [-0.1, -0.05) is 41.4 Å². The van der Waals surface area contributed by atoms with Gasteiger partial charge in [0.2, 0.25) is 0 Å². The van der Waals surface area contributed by atoms with Crippen LogP contribution in [0.15, 0.2) is 36.4 Å². The van der Waals surface area contributed by atoms with Crippen molar-refractivity contribution in [2.75, 3.05) is 0 Å². The number of hydrogen-bond donors (Lipinski definition) is 0. The molecule has 0 atom stereocenters. The van der Waals surface area contributed by atoms with E-state index in [2.05, 4.69) is 6.07 Å². The molecule has 2 aromatic carbocycles. The molecule has 0 nitrogen and oxygen atoms in total. The van der Waals surface area contributed by atoms with Crippen LogP contribution in [-0.4, -0.2) is 0 Å². The molecule has 0 unspecified atom stereocenters. The van der Waals surface area contributed by atoms with Gasteiger partial charge in [-0.05, 0) is 29.3 Å². The molecular weight excluding hydrogens is 234 g/mol. The molecule has 0 aliphatic rings. The van der Waals surface area contributed by atoms with Gasteiger partial charge in [0.05, 0.1) is 5.02 Å². The van der Waals surface area contributed by atoms with E-state index in [1.54, 1.807) is 18.2 Å². The molecule has 15 heavy (non-hydrogen) atoms. The summed E-state index contributed by atoms with van der Waals surface area (Å²) in [4.78, 5) is 0. The van der Waals surface area contributed by atoms with Crippen LogP contribution in [0.1, 0.15) is 0 Å². The van der Waals surface area contributed by atoms with Gasteiger partial charge in [0, 0.05) is 11.1 Å². The molecule has 0 bridgehead atoms. The van der Waals surface area contributed by atoms with E-state index in [0.29, 0.717) is 10.6 Å². The Labute approximate surface area is 97.3 Å². The lowest BCUT2D eigenvalue weighted by molar-refractivity contribution is 0.629. The van der Waals surface area contributed by atoms with Crippen LogP contribution in [0.4, 0.5) is 4.39 Å². The molecule has 0 aromatic heterocycles. The maximum atomic E-state index is 13.2. The lowest BCUT2D eigenvalue weighted by Crippen LogP contribution is -1.81. The Bertz CT molecular complexity index is 495. The van der Waals surface area contributed by atoms with Gasteiger partial charge in [-0.25, -0.2) is 4.39 Å². The first-order chi connectivity index (χ1) is 7.16. The molecule has 2 rings (SSSR count). The van der Waals surface area contributed by atoms with Gasteiger partial charge in [0.15, 0.2) is 0 Å². The summed E-state index contributed by atoms with van der Waals surface area (Å²) in [6.45, 7) is 0. The molecule has 75 valence electrons. The predicted molar refractivity (Wildman–Crippen MR) is 60.7 cm³/mol. The van der Waals surface area contributed by atoms with Crippen molar-refractivity contribution >= 4 is 23.2 Å². The van der Waals surface area contributed by atoms with E-state index < -0.39 is 5.82 Å². The van der Waals surface area contributed by atoms with Crippen LogP contribution >= 0.6 is 23.2 Å². The molecule has 1 radical (unpaired) electrons. The summed E-state index contributed by atoms with van der Waals surface area (Å²) in [5.41, 5.74) is 1.46. The van der Waals surface area contributed by atoms with Crippen LogP contribution in [0.5, 0.6) is 0 Å². The van der Waals surface area contributed by atoms with Crippen molar-refractivity contribution in [3.8, 4) is 11.1 Å². The van der Waals surface area contributed by atoms with Crippen LogP contribution < -0.4 is 0 Å². The van der Waals surface area contributed by atoms with Gasteiger partial charge < -0.3 is 0 Å². The molecule has 0 fully saturated rings. The Morgan fingerprint density at radius 2 is 1.87 bits per heavy atom. The third-order valence-electron chi connectivity index (χ3n) is 1.99. The lowest BCUT2D eigenvalue weighted by atomic mass is 10.1. The Hall–Kier alpha value is -1.05. The highest BCUT2D eigenvalue weighted by molar-refractivity contribution is 6.31. The standard InChI is InChI=1S/C12H6Cl2F/c13-10-3-1-2-8(6-10)9-4-5-11(14)12(15)7-9/h1-5,7H. The summed E-state index contributed by atoms with van der Waals surface area (Å²) >= 11 is 11.4. The molecule has 0 aliphatic heterocycles. The molecule has 0 N–H and O–H groups in total. The average Bonchev–Trinajstić information content (AvgIpc) is 2.22. The number of hydrogen-bond acceptors (Lipinski definition) is 0. The second-order valence-electron chi connectivity index (χ2n) is 3.04. The first-order valence-corrected chi connectivity index (χ1v) is 5.05. The van der Waals surface area contributed by atoms with Crippen LogP contribution in [0, 0.1) is 11.9 Å². The fourth-order valence-electron chi connectivity index (χ4n) is 1.27. The summed E-state index contributed by atoms with van der Waals surface area (Å²) in [7, 11) is 0. The summed E-state index contributed by atoms with van der Waals surface area (Å²) < 4.78 is 13.2. The zero-order valence-corrected chi connectivity index (χ0v) is 9.11.